The molecular weight excluding hydrogens is 475 g/mol. The molecule has 1 aliphatic rings. The zero-order valence-electron chi connectivity index (χ0n) is 18.9. The van der Waals surface area contributed by atoms with Crippen LogP contribution in [0.3, 0.4) is 0 Å². The molecule has 2 heterocycles. The molecule has 1 amide bonds. The third-order valence-electron chi connectivity index (χ3n) is 5.46. The fourth-order valence-electron chi connectivity index (χ4n) is 3.86. The summed E-state index contributed by atoms with van der Waals surface area (Å²) in [4.78, 5) is 25.8. The number of esters is 1. The highest BCUT2D eigenvalue weighted by Gasteiger charge is 2.36. The van der Waals surface area contributed by atoms with Gasteiger partial charge in [0.05, 0.1) is 12.2 Å². The van der Waals surface area contributed by atoms with Crippen molar-refractivity contribution in [2.75, 3.05) is 23.0 Å². The number of nitrogens with one attached hydrogen (secondary N) is 3. The van der Waals surface area contributed by atoms with Crippen LogP contribution in [0.5, 0.6) is 0 Å². The molecule has 180 valence electrons. The summed E-state index contributed by atoms with van der Waals surface area (Å²) < 4.78 is 21.5. The zero-order valence-corrected chi connectivity index (χ0v) is 19.6. The Balaban J connectivity index is 1.81. The van der Waals surface area contributed by atoms with Gasteiger partial charge in [0.2, 0.25) is 0 Å². The molecule has 11 heteroatoms. The van der Waals surface area contributed by atoms with Gasteiger partial charge in [-0.05, 0) is 44.2 Å². The molecule has 1 atom stereocenters. The number of carbonyl (C=O) groups is 2. The number of ether oxygens (including phenoxy) is 1. The normalized spacial score (nSPS) is 14.7. The lowest BCUT2D eigenvalue weighted by atomic mass is 9.94. The summed E-state index contributed by atoms with van der Waals surface area (Å²) in [7, 11) is 0. The van der Waals surface area contributed by atoms with Crippen molar-refractivity contribution < 1.29 is 18.7 Å². The summed E-state index contributed by atoms with van der Waals surface area (Å²) in [5.74, 6) is -1.43. The summed E-state index contributed by atoms with van der Waals surface area (Å²) >= 11 is 5.96. The number of allylic oxidation sites excluding steroid dienone is 1. The van der Waals surface area contributed by atoms with Crippen LogP contribution in [0.25, 0.3) is 0 Å². The number of anilines is 3. The van der Waals surface area contributed by atoms with Crippen LogP contribution in [-0.4, -0.2) is 34.5 Å². The molecule has 35 heavy (non-hydrogen) atoms. The minimum Gasteiger partial charge on any atom is -0.461 e. The third-order valence-corrected chi connectivity index (χ3v) is 5.69. The fourth-order valence-corrected chi connectivity index (χ4v) is 4.02. The minimum atomic E-state index is -1.01. The van der Waals surface area contributed by atoms with Crippen molar-refractivity contribution in [2.24, 2.45) is 0 Å². The number of amides is 1. The van der Waals surface area contributed by atoms with E-state index in [1.807, 2.05) is 0 Å². The van der Waals surface area contributed by atoms with E-state index in [2.05, 4.69) is 15.7 Å². The Labute approximate surface area is 205 Å². The van der Waals surface area contributed by atoms with Gasteiger partial charge in [0.25, 0.3) is 5.91 Å². The van der Waals surface area contributed by atoms with Crippen LogP contribution in [0.15, 0.2) is 53.7 Å². The second-order valence-corrected chi connectivity index (χ2v) is 8.19. The first-order chi connectivity index (χ1) is 16.7. The van der Waals surface area contributed by atoms with Gasteiger partial charge in [-0.15, -0.1) is 0 Å². The molecule has 0 radical (unpaired) electrons. The van der Waals surface area contributed by atoms with Gasteiger partial charge >= 0.3 is 5.97 Å². The second kappa shape index (κ2) is 9.59. The predicted octanol–water partition coefficient (Wildman–Crippen LogP) is 4.36. The van der Waals surface area contributed by atoms with Gasteiger partial charge in [-0.2, -0.15) is 5.10 Å². The molecular formula is C24H22ClFN6O3. The Bertz CT molecular complexity index is 1380. The Kier molecular flexibility index (Phi) is 6.57. The Hall–Kier alpha value is -4.18. The zero-order chi connectivity index (χ0) is 25.3. The summed E-state index contributed by atoms with van der Waals surface area (Å²) in [5.41, 5.74) is 7.82. The highest BCUT2D eigenvalue weighted by Crippen LogP contribution is 2.38. The van der Waals surface area contributed by atoms with Gasteiger partial charge < -0.3 is 26.5 Å². The van der Waals surface area contributed by atoms with Gasteiger partial charge in [-0.3, -0.25) is 4.79 Å². The average Bonchev–Trinajstić information content (AvgIpc) is 3.23. The van der Waals surface area contributed by atoms with Crippen LogP contribution < -0.4 is 16.4 Å². The number of carbonyl (C=O) groups excluding carboxylic acids is 2. The Morgan fingerprint density at radius 1 is 1.31 bits per heavy atom. The van der Waals surface area contributed by atoms with Crippen LogP contribution in [0, 0.1) is 11.2 Å². The van der Waals surface area contributed by atoms with E-state index in [0.29, 0.717) is 28.5 Å². The molecule has 0 saturated carbocycles. The maximum Gasteiger partial charge on any atom is 0.358 e. The standard InChI is InChI=1S/C24H22ClFN6O3/c1-3-35-24(34)19-10-20-29-12(2)21(23(33)30-15-5-7-18(28)13(8-15)11-27)22(32(20)31-19)16-6-4-14(25)9-17(16)26/h4-11,22,27,29H,3,28H2,1-2H3,(H,30,33). The van der Waals surface area contributed by atoms with Crippen molar-refractivity contribution >= 4 is 46.9 Å². The summed E-state index contributed by atoms with van der Waals surface area (Å²) in [6, 6.07) is 9.33. The van der Waals surface area contributed by atoms with Crippen molar-refractivity contribution in [1.82, 2.24) is 9.78 Å². The summed E-state index contributed by atoms with van der Waals surface area (Å²) in [5, 5.41) is 17.8. The second-order valence-electron chi connectivity index (χ2n) is 7.75. The van der Waals surface area contributed by atoms with Crippen LogP contribution in [0.2, 0.25) is 5.02 Å². The van der Waals surface area contributed by atoms with E-state index >= 15 is 4.39 Å². The first-order valence-corrected chi connectivity index (χ1v) is 11.0. The van der Waals surface area contributed by atoms with Crippen LogP contribution in [-0.2, 0) is 9.53 Å². The smallest absolute Gasteiger partial charge is 0.358 e. The van der Waals surface area contributed by atoms with Crippen molar-refractivity contribution in [3.63, 3.8) is 0 Å². The topological polar surface area (TPSA) is 135 Å². The number of nitrogens with two attached hydrogens (primary N) is 1. The van der Waals surface area contributed by atoms with Gasteiger partial charge in [0.1, 0.15) is 17.7 Å². The monoisotopic (exact) mass is 496 g/mol. The van der Waals surface area contributed by atoms with Gasteiger partial charge in [0.15, 0.2) is 5.69 Å². The van der Waals surface area contributed by atoms with E-state index in [4.69, 9.17) is 27.5 Å². The molecule has 5 N–H and O–H groups in total. The molecule has 0 spiro atoms. The number of aromatic nitrogens is 2. The number of hydrogen-bond acceptors (Lipinski definition) is 7. The largest absolute Gasteiger partial charge is 0.461 e. The lowest BCUT2D eigenvalue weighted by molar-refractivity contribution is -0.113. The number of rotatable bonds is 6. The number of benzene rings is 2. The van der Waals surface area contributed by atoms with E-state index in [1.165, 1.54) is 22.9 Å². The maximum atomic E-state index is 15.1. The molecule has 1 aliphatic heterocycles. The van der Waals surface area contributed by atoms with Crippen molar-refractivity contribution in [1.29, 1.82) is 5.41 Å². The molecule has 0 saturated heterocycles. The first-order valence-electron chi connectivity index (χ1n) is 10.6. The van der Waals surface area contributed by atoms with Crippen molar-refractivity contribution in [3.8, 4) is 0 Å². The van der Waals surface area contributed by atoms with Crippen LogP contribution >= 0.6 is 11.6 Å². The quantitative estimate of drug-likeness (QED) is 0.227. The van der Waals surface area contributed by atoms with Gasteiger partial charge in [0, 0.05) is 45.5 Å². The molecule has 4 rings (SSSR count). The molecule has 2 aromatic carbocycles. The van der Waals surface area contributed by atoms with Gasteiger partial charge in [-0.1, -0.05) is 17.7 Å². The Morgan fingerprint density at radius 2 is 2.09 bits per heavy atom. The fraction of sp³-hybridized carbons (Fsp3) is 0.167. The minimum absolute atomic E-state index is 0.0114. The van der Waals surface area contributed by atoms with Crippen LogP contribution in [0.1, 0.15) is 41.5 Å². The summed E-state index contributed by atoms with van der Waals surface area (Å²) in [6.45, 7) is 3.50. The lowest BCUT2D eigenvalue weighted by Crippen LogP contribution is -2.32. The lowest BCUT2D eigenvalue weighted by Gasteiger charge is -2.30. The maximum absolute atomic E-state index is 15.1. The third kappa shape index (κ3) is 4.60. The number of fused-ring (bicyclic) bond motifs is 1. The highest BCUT2D eigenvalue weighted by atomic mass is 35.5. The average molecular weight is 497 g/mol. The highest BCUT2D eigenvalue weighted by molar-refractivity contribution is 6.30. The van der Waals surface area contributed by atoms with E-state index in [9.17, 15) is 9.59 Å². The Morgan fingerprint density at radius 3 is 2.77 bits per heavy atom. The van der Waals surface area contributed by atoms with E-state index < -0.39 is 23.7 Å². The molecule has 1 aromatic heterocycles. The first kappa shape index (κ1) is 24.0. The number of nitrogen functional groups attached to an aromatic ring is 1. The molecule has 1 unspecified atom stereocenters. The van der Waals surface area contributed by atoms with Crippen molar-refractivity contribution in [3.05, 3.63) is 81.4 Å². The van der Waals surface area contributed by atoms with Crippen LogP contribution in [0.4, 0.5) is 21.6 Å². The molecule has 0 fully saturated rings. The number of hydrogen-bond donors (Lipinski definition) is 4. The van der Waals surface area contributed by atoms with E-state index in [-0.39, 0.29) is 28.5 Å². The van der Waals surface area contributed by atoms with E-state index in [0.717, 1.165) is 12.3 Å². The molecule has 0 aliphatic carbocycles. The van der Waals surface area contributed by atoms with Gasteiger partial charge in [-0.25, -0.2) is 13.9 Å². The number of halogens is 2. The molecule has 0 bridgehead atoms. The van der Waals surface area contributed by atoms with E-state index in [1.54, 1.807) is 32.0 Å². The molecule has 3 aromatic rings. The predicted molar refractivity (Wildman–Crippen MR) is 131 cm³/mol. The summed E-state index contributed by atoms with van der Waals surface area (Å²) in [6.07, 6.45) is 1.08. The SMILES string of the molecule is CCOC(=O)c1cc2n(n1)C(c1ccc(Cl)cc1F)C(C(=O)Nc1ccc(N)c(C=N)c1)=C(C)N2. The number of nitrogens with zero attached hydrogens (tertiary/aromatic N) is 2. The van der Waals surface area contributed by atoms with Crippen molar-refractivity contribution in [2.45, 2.75) is 19.9 Å². The molecule has 9 nitrogen and oxygen atoms in total.